The minimum Gasteiger partial charge on any atom is -0.350 e. The van der Waals surface area contributed by atoms with Crippen molar-refractivity contribution in [3.8, 4) is 0 Å². The van der Waals surface area contributed by atoms with E-state index in [-0.39, 0.29) is 17.9 Å². The predicted octanol–water partition coefficient (Wildman–Crippen LogP) is 2.17. The quantitative estimate of drug-likeness (QED) is 0.838. The van der Waals surface area contributed by atoms with Crippen LogP contribution >= 0.6 is 0 Å². The molecule has 0 aliphatic carbocycles. The molecule has 17 heavy (non-hydrogen) atoms. The summed E-state index contributed by atoms with van der Waals surface area (Å²) in [6, 6.07) is 7.00. The van der Waals surface area contributed by atoms with Gasteiger partial charge in [-0.15, -0.1) is 0 Å². The fourth-order valence-corrected chi connectivity index (χ4v) is 1.33. The maximum atomic E-state index is 11.7. The van der Waals surface area contributed by atoms with E-state index in [0.717, 1.165) is 0 Å². The van der Waals surface area contributed by atoms with Crippen LogP contribution in [0.3, 0.4) is 0 Å². The van der Waals surface area contributed by atoms with Crippen molar-refractivity contribution in [1.82, 2.24) is 5.32 Å². The number of hydrogen-bond acceptors (Lipinski definition) is 2. The first kappa shape index (κ1) is 13.2. The van der Waals surface area contributed by atoms with Crippen molar-refractivity contribution in [3.05, 3.63) is 29.8 Å². The Morgan fingerprint density at radius 3 is 2.59 bits per heavy atom. The topological polar surface area (TPSA) is 58.2 Å². The molecule has 0 fully saturated rings. The number of hydrogen-bond donors (Lipinski definition) is 2. The average Bonchev–Trinajstić information content (AvgIpc) is 2.28. The van der Waals surface area contributed by atoms with Crippen molar-refractivity contribution in [2.24, 2.45) is 0 Å². The normalized spacial score (nSPS) is 10.1. The van der Waals surface area contributed by atoms with Gasteiger partial charge >= 0.3 is 0 Å². The third-order valence-electron chi connectivity index (χ3n) is 2.15. The van der Waals surface area contributed by atoms with Crippen LogP contribution in [0.5, 0.6) is 0 Å². The minimum absolute atomic E-state index is 0.0635. The minimum atomic E-state index is -0.132. The number of anilines is 1. The van der Waals surface area contributed by atoms with Gasteiger partial charge < -0.3 is 10.6 Å². The molecule has 2 N–H and O–H groups in total. The van der Waals surface area contributed by atoms with Crippen LogP contribution in [0.15, 0.2) is 24.3 Å². The van der Waals surface area contributed by atoms with Crippen molar-refractivity contribution in [3.63, 3.8) is 0 Å². The summed E-state index contributed by atoms with van der Waals surface area (Å²) in [6.45, 7) is 5.59. The van der Waals surface area contributed by atoms with Crippen LogP contribution in [-0.4, -0.2) is 17.9 Å². The summed E-state index contributed by atoms with van der Waals surface area (Å²) in [6.07, 6.45) is 0.419. The van der Waals surface area contributed by atoms with Gasteiger partial charge in [-0.1, -0.05) is 13.0 Å². The van der Waals surface area contributed by atoms with Gasteiger partial charge in [0.2, 0.25) is 5.91 Å². The van der Waals surface area contributed by atoms with Gasteiger partial charge in [0.05, 0.1) is 0 Å². The van der Waals surface area contributed by atoms with Crippen molar-refractivity contribution in [1.29, 1.82) is 0 Å². The standard InChI is InChI=1S/C13H18N2O2/c1-4-12(16)15-11-7-5-6-10(8-11)13(17)14-9(2)3/h5-9H,4H2,1-3H3,(H,14,17)(H,15,16). The highest BCUT2D eigenvalue weighted by molar-refractivity contribution is 5.97. The van der Waals surface area contributed by atoms with Crippen LogP contribution < -0.4 is 10.6 Å². The molecule has 0 unspecified atom stereocenters. The third-order valence-corrected chi connectivity index (χ3v) is 2.15. The van der Waals surface area contributed by atoms with E-state index < -0.39 is 0 Å². The van der Waals surface area contributed by atoms with Gasteiger partial charge in [-0.3, -0.25) is 9.59 Å². The molecule has 0 aliphatic rings. The lowest BCUT2D eigenvalue weighted by Crippen LogP contribution is -2.30. The Labute approximate surface area is 101 Å². The first-order chi connectivity index (χ1) is 8.02. The van der Waals surface area contributed by atoms with E-state index in [9.17, 15) is 9.59 Å². The lowest BCUT2D eigenvalue weighted by molar-refractivity contribution is -0.115. The highest BCUT2D eigenvalue weighted by atomic mass is 16.2. The molecule has 92 valence electrons. The van der Waals surface area contributed by atoms with Gasteiger partial charge in [-0.05, 0) is 32.0 Å². The summed E-state index contributed by atoms with van der Waals surface area (Å²) in [5, 5.41) is 5.52. The molecule has 1 rings (SSSR count). The number of carbonyl (C=O) groups is 2. The molecule has 0 saturated heterocycles. The summed E-state index contributed by atoms with van der Waals surface area (Å²) in [5.74, 6) is -0.195. The van der Waals surface area contributed by atoms with Crippen LogP contribution in [0.25, 0.3) is 0 Å². The van der Waals surface area contributed by atoms with Gasteiger partial charge in [0.25, 0.3) is 5.91 Å². The zero-order valence-corrected chi connectivity index (χ0v) is 10.4. The molecule has 0 aliphatic heterocycles. The number of amides is 2. The molecule has 1 aromatic rings. The largest absolute Gasteiger partial charge is 0.350 e. The van der Waals surface area contributed by atoms with Gasteiger partial charge in [-0.2, -0.15) is 0 Å². The maximum absolute atomic E-state index is 11.7. The lowest BCUT2D eigenvalue weighted by atomic mass is 10.1. The smallest absolute Gasteiger partial charge is 0.251 e. The number of rotatable bonds is 4. The third kappa shape index (κ3) is 4.26. The van der Waals surface area contributed by atoms with Crippen molar-refractivity contribution in [2.45, 2.75) is 33.2 Å². The van der Waals surface area contributed by atoms with Crippen LogP contribution in [0, 0.1) is 0 Å². The Morgan fingerprint density at radius 2 is 2.00 bits per heavy atom. The molecule has 1 aromatic carbocycles. The van der Waals surface area contributed by atoms with Crippen molar-refractivity contribution in [2.75, 3.05) is 5.32 Å². The molecular weight excluding hydrogens is 216 g/mol. The highest BCUT2D eigenvalue weighted by Crippen LogP contribution is 2.11. The first-order valence-electron chi connectivity index (χ1n) is 5.73. The second-order valence-electron chi connectivity index (χ2n) is 4.11. The van der Waals surface area contributed by atoms with Crippen molar-refractivity contribution < 1.29 is 9.59 Å². The molecule has 0 bridgehead atoms. The fraction of sp³-hybridized carbons (Fsp3) is 0.385. The summed E-state index contributed by atoms with van der Waals surface area (Å²) in [5.41, 5.74) is 1.20. The highest BCUT2D eigenvalue weighted by Gasteiger charge is 2.07. The predicted molar refractivity (Wildman–Crippen MR) is 68.0 cm³/mol. The SMILES string of the molecule is CCC(=O)Nc1cccc(C(=O)NC(C)C)c1. The van der Waals surface area contributed by atoms with E-state index in [2.05, 4.69) is 10.6 Å². The number of nitrogens with one attached hydrogen (secondary N) is 2. The van der Waals surface area contributed by atoms with E-state index in [0.29, 0.717) is 17.7 Å². The number of carbonyl (C=O) groups excluding carboxylic acids is 2. The molecule has 0 aromatic heterocycles. The summed E-state index contributed by atoms with van der Waals surface area (Å²) in [4.78, 5) is 23.0. The molecular formula is C13H18N2O2. The molecule has 4 heteroatoms. The van der Waals surface area contributed by atoms with Gasteiger partial charge in [-0.25, -0.2) is 0 Å². The Balaban J connectivity index is 2.78. The Morgan fingerprint density at radius 1 is 1.29 bits per heavy atom. The second-order valence-corrected chi connectivity index (χ2v) is 4.11. The van der Waals surface area contributed by atoms with Crippen LogP contribution in [0.1, 0.15) is 37.6 Å². The summed E-state index contributed by atoms with van der Waals surface area (Å²) in [7, 11) is 0. The van der Waals surface area contributed by atoms with E-state index >= 15 is 0 Å². The summed E-state index contributed by atoms with van der Waals surface area (Å²) < 4.78 is 0. The number of benzene rings is 1. The molecule has 0 atom stereocenters. The zero-order valence-electron chi connectivity index (χ0n) is 10.4. The lowest BCUT2D eigenvalue weighted by Gasteiger charge is -2.09. The first-order valence-corrected chi connectivity index (χ1v) is 5.73. The molecule has 0 spiro atoms. The zero-order chi connectivity index (χ0) is 12.8. The average molecular weight is 234 g/mol. The van der Waals surface area contributed by atoms with Crippen molar-refractivity contribution >= 4 is 17.5 Å². The van der Waals surface area contributed by atoms with Gasteiger partial charge in [0.1, 0.15) is 0 Å². The van der Waals surface area contributed by atoms with Crippen LogP contribution in [0.2, 0.25) is 0 Å². The molecule has 0 radical (unpaired) electrons. The molecule has 0 heterocycles. The maximum Gasteiger partial charge on any atom is 0.251 e. The van der Waals surface area contributed by atoms with Crippen LogP contribution in [-0.2, 0) is 4.79 Å². The monoisotopic (exact) mass is 234 g/mol. The van der Waals surface area contributed by atoms with Crippen LogP contribution in [0.4, 0.5) is 5.69 Å². The fourth-order valence-electron chi connectivity index (χ4n) is 1.33. The van der Waals surface area contributed by atoms with E-state index in [1.807, 2.05) is 13.8 Å². The Kier molecular flexibility index (Phi) is 4.69. The van der Waals surface area contributed by atoms with E-state index in [1.165, 1.54) is 0 Å². The van der Waals surface area contributed by atoms with E-state index in [4.69, 9.17) is 0 Å². The molecule has 2 amide bonds. The summed E-state index contributed by atoms with van der Waals surface area (Å²) >= 11 is 0. The van der Waals surface area contributed by atoms with E-state index in [1.54, 1.807) is 31.2 Å². The Hall–Kier alpha value is -1.84. The van der Waals surface area contributed by atoms with Gasteiger partial charge in [0, 0.05) is 23.7 Å². The Bertz CT molecular complexity index is 414. The second kappa shape index (κ2) is 6.03. The van der Waals surface area contributed by atoms with Gasteiger partial charge in [0.15, 0.2) is 0 Å². The molecule has 0 saturated carbocycles. The molecule has 4 nitrogen and oxygen atoms in total.